The molecule has 11 aromatic rings. The Bertz CT molecular complexity index is 3140. The smallest absolute Gasteiger partial charge is 0.238 e. The van der Waals surface area contributed by atoms with Crippen molar-refractivity contribution >= 4 is 65.6 Å². The van der Waals surface area contributed by atoms with Gasteiger partial charge in [-0.05, 0) is 59.3 Å². The van der Waals surface area contributed by atoms with E-state index in [1.807, 2.05) is 97.1 Å². The lowest BCUT2D eigenvalue weighted by atomic mass is 10.1. The van der Waals surface area contributed by atoms with Crippen molar-refractivity contribution in [2.75, 3.05) is 0 Å². The lowest BCUT2D eigenvalue weighted by molar-refractivity contribution is 0.621. The third-order valence-corrected chi connectivity index (χ3v) is 9.67. The van der Waals surface area contributed by atoms with Gasteiger partial charge in [-0.1, -0.05) is 103 Å². The van der Waals surface area contributed by atoms with Crippen molar-refractivity contribution in [2.24, 2.45) is 0 Å². The lowest BCUT2D eigenvalue weighted by Gasteiger charge is -2.11. The molecule has 0 atom stereocenters. The van der Waals surface area contributed by atoms with E-state index in [9.17, 15) is 0 Å². The van der Waals surface area contributed by atoms with Gasteiger partial charge in [0.1, 0.15) is 22.2 Å². The maximum Gasteiger partial charge on any atom is 0.238 e. The first kappa shape index (κ1) is 27.8. The van der Waals surface area contributed by atoms with Crippen LogP contribution in [0.25, 0.3) is 106 Å². The van der Waals surface area contributed by atoms with E-state index in [1.165, 1.54) is 0 Å². The van der Waals surface area contributed by atoms with Crippen molar-refractivity contribution in [3.8, 4) is 40.2 Å². The fraction of sp³-hybridized carbons (Fsp3) is 0. The van der Waals surface area contributed by atoms with E-state index in [4.69, 9.17) is 28.8 Å². The number of hydrogen-bond acceptors (Lipinski definition) is 6. The van der Waals surface area contributed by atoms with Crippen molar-refractivity contribution < 1.29 is 8.83 Å². The molecule has 7 heteroatoms. The summed E-state index contributed by atoms with van der Waals surface area (Å²) in [6, 6.07) is 51.1. The Labute approximate surface area is 290 Å². The third-order valence-electron chi connectivity index (χ3n) is 9.67. The minimum atomic E-state index is 0.476. The van der Waals surface area contributed by atoms with Gasteiger partial charge < -0.3 is 8.83 Å². The molecule has 0 aliphatic heterocycles. The number of fused-ring (bicyclic) bond motifs is 9. The summed E-state index contributed by atoms with van der Waals surface area (Å²) in [6.45, 7) is 0. The standard InChI is InChI=1S/C44H25N5O2/c1-3-12-26(13-4-1)41-46-42(32-19-11-21-37-38(32)31-18-9-10-20-36(31)50-37)48-44(47-41)49-35-25-29-17-8-7-16-28(29)24-33(35)30-22-23-34-40(39(30)49)51-43(45-34)27-14-5-2-6-15-27/h1-25H. The number of oxazole rings is 1. The zero-order valence-electron chi connectivity index (χ0n) is 27.0. The Morgan fingerprint density at radius 2 is 1.18 bits per heavy atom. The zero-order chi connectivity index (χ0) is 33.5. The highest BCUT2D eigenvalue weighted by Crippen LogP contribution is 2.41. The number of para-hydroxylation sites is 1. The van der Waals surface area contributed by atoms with Gasteiger partial charge in [0.2, 0.25) is 11.8 Å². The Balaban J connectivity index is 1.28. The molecule has 0 saturated carbocycles. The van der Waals surface area contributed by atoms with Crippen LogP contribution in [-0.4, -0.2) is 24.5 Å². The highest BCUT2D eigenvalue weighted by atomic mass is 16.3. The van der Waals surface area contributed by atoms with Gasteiger partial charge in [0, 0.05) is 38.2 Å². The number of nitrogens with zero attached hydrogens (tertiary/aromatic N) is 5. The van der Waals surface area contributed by atoms with Crippen LogP contribution in [0.1, 0.15) is 0 Å². The second-order valence-corrected chi connectivity index (χ2v) is 12.7. The second kappa shape index (κ2) is 10.7. The highest BCUT2D eigenvalue weighted by molar-refractivity contribution is 6.19. The molecule has 0 spiro atoms. The first-order valence-corrected chi connectivity index (χ1v) is 16.8. The number of hydrogen-bond donors (Lipinski definition) is 0. The predicted octanol–water partition coefficient (Wildman–Crippen LogP) is 11.2. The largest absolute Gasteiger partial charge is 0.456 e. The van der Waals surface area contributed by atoms with Gasteiger partial charge in [-0.25, -0.2) is 9.97 Å². The summed E-state index contributed by atoms with van der Waals surface area (Å²) < 4.78 is 15.1. The molecule has 11 rings (SSSR count). The number of benzene rings is 7. The lowest BCUT2D eigenvalue weighted by Crippen LogP contribution is -2.06. The van der Waals surface area contributed by atoms with E-state index in [0.29, 0.717) is 29.1 Å². The average Bonchev–Trinajstić information content (AvgIpc) is 3.89. The van der Waals surface area contributed by atoms with Gasteiger partial charge in [0.25, 0.3) is 0 Å². The van der Waals surface area contributed by atoms with E-state index in [0.717, 1.165) is 76.7 Å². The summed E-state index contributed by atoms with van der Waals surface area (Å²) in [5.74, 6) is 2.14. The topological polar surface area (TPSA) is 82.8 Å². The number of furan rings is 1. The fourth-order valence-electron chi connectivity index (χ4n) is 7.34. The van der Waals surface area contributed by atoms with Crippen LogP contribution in [0.2, 0.25) is 0 Å². The zero-order valence-corrected chi connectivity index (χ0v) is 27.0. The summed E-state index contributed by atoms with van der Waals surface area (Å²) in [7, 11) is 0. The Morgan fingerprint density at radius 3 is 2.02 bits per heavy atom. The molecule has 4 aromatic heterocycles. The van der Waals surface area contributed by atoms with Crippen molar-refractivity contribution in [3.63, 3.8) is 0 Å². The molecule has 0 aliphatic rings. The van der Waals surface area contributed by atoms with E-state index < -0.39 is 0 Å². The highest BCUT2D eigenvalue weighted by Gasteiger charge is 2.24. The van der Waals surface area contributed by atoms with Gasteiger partial charge in [0.15, 0.2) is 17.2 Å². The summed E-state index contributed by atoms with van der Waals surface area (Å²) in [6.07, 6.45) is 0. The molecule has 51 heavy (non-hydrogen) atoms. The van der Waals surface area contributed by atoms with Crippen molar-refractivity contribution in [2.45, 2.75) is 0 Å². The third kappa shape index (κ3) is 4.25. The van der Waals surface area contributed by atoms with Crippen molar-refractivity contribution in [1.29, 1.82) is 0 Å². The van der Waals surface area contributed by atoms with Crippen molar-refractivity contribution in [1.82, 2.24) is 24.5 Å². The molecule has 7 aromatic carbocycles. The van der Waals surface area contributed by atoms with Gasteiger partial charge in [-0.2, -0.15) is 9.97 Å². The Morgan fingerprint density at radius 1 is 0.471 bits per heavy atom. The molecule has 0 bridgehead atoms. The van der Waals surface area contributed by atoms with Crippen LogP contribution in [0.5, 0.6) is 0 Å². The average molecular weight is 656 g/mol. The van der Waals surface area contributed by atoms with Crippen LogP contribution >= 0.6 is 0 Å². The summed E-state index contributed by atoms with van der Waals surface area (Å²) in [5.41, 5.74) is 7.46. The van der Waals surface area contributed by atoms with Crippen molar-refractivity contribution in [3.05, 3.63) is 152 Å². The first-order valence-electron chi connectivity index (χ1n) is 16.8. The maximum absolute atomic E-state index is 6.67. The number of rotatable bonds is 4. The molecular weight excluding hydrogens is 631 g/mol. The minimum Gasteiger partial charge on any atom is -0.456 e. The molecule has 0 fully saturated rings. The van der Waals surface area contributed by atoms with E-state index in [2.05, 4.69) is 59.2 Å². The van der Waals surface area contributed by atoms with Crippen LogP contribution in [0.3, 0.4) is 0 Å². The predicted molar refractivity (Wildman–Crippen MR) is 203 cm³/mol. The summed E-state index contributed by atoms with van der Waals surface area (Å²) in [5, 5.41) is 6.31. The van der Waals surface area contributed by atoms with Gasteiger partial charge >= 0.3 is 0 Å². The van der Waals surface area contributed by atoms with Crippen LogP contribution in [0.4, 0.5) is 0 Å². The molecule has 0 amide bonds. The molecule has 238 valence electrons. The Kier molecular flexibility index (Phi) is 5.83. The van der Waals surface area contributed by atoms with E-state index in [-0.39, 0.29) is 0 Å². The second-order valence-electron chi connectivity index (χ2n) is 12.7. The van der Waals surface area contributed by atoms with Crippen LogP contribution in [0, 0.1) is 0 Å². The Hall–Kier alpha value is -7.12. The SMILES string of the molecule is c1ccc(-c2nc(-c3cccc4oc5ccccc5c34)nc(-n3c4cc5ccccc5cc4c4ccc5nc(-c6ccccc6)oc5c43)n2)cc1. The fourth-order valence-corrected chi connectivity index (χ4v) is 7.34. The minimum absolute atomic E-state index is 0.476. The molecule has 0 unspecified atom stereocenters. The molecule has 0 radical (unpaired) electrons. The van der Waals surface area contributed by atoms with Gasteiger partial charge in [-0.15, -0.1) is 0 Å². The maximum atomic E-state index is 6.67. The van der Waals surface area contributed by atoms with Gasteiger partial charge in [-0.3, -0.25) is 4.57 Å². The quantitative estimate of drug-likeness (QED) is 0.188. The summed E-state index contributed by atoms with van der Waals surface area (Å²) in [4.78, 5) is 20.6. The normalized spacial score (nSPS) is 11.9. The van der Waals surface area contributed by atoms with Crippen LogP contribution < -0.4 is 0 Å². The molecule has 0 N–H and O–H groups in total. The first-order chi connectivity index (χ1) is 25.3. The molecular formula is C44H25N5O2. The van der Waals surface area contributed by atoms with E-state index in [1.54, 1.807) is 0 Å². The van der Waals surface area contributed by atoms with E-state index >= 15 is 0 Å². The monoisotopic (exact) mass is 655 g/mol. The number of aromatic nitrogens is 5. The van der Waals surface area contributed by atoms with Crippen LogP contribution in [0.15, 0.2) is 160 Å². The molecule has 7 nitrogen and oxygen atoms in total. The summed E-state index contributed by atoms with van der Waals surface area (Å²) >= 11 is 0. The van der Waals surface area contributed by atoms with Crippen LogP contribution in [-0.2, 0) is 0 Å². The van der Waals surface area contributed by atoms with Gasteiger partial charge in [0.05, 0.1) is 5.52 Å². The molecule has 4 heterocycles. The molecule has 0 saturated heterocycles. The molecule has 0 aliphatic carbocycles.